The Morgan fingerprint density at radius 1 is 0.645 bits per heavy atom. The van der Waals surface area contributed by atoms with Gasteiger partial charge in [-0.15, -0.1) is 0 Å². The molecule has 4 rings (SSSR count). The first-order valence-electron chi connectivity index (χ1n) is 10.7. The van der Waals surface area contributed by atoms with Crippen LogP contribution in [-0.4, -0.2) is 11.4 Å². The van der Waals surface area contributed by atoms with Gasteiger partial charge in [0.05, 0.1) is 11.4 Å². The van der Waals surface area contributed by atoms with Crippen molar-refractivity contribution in [1.29, 1.82) is 0 Å². The van der Waals surface area contributed by atoms with Crippen molar-refractivity contribution < 1.29 is 4.39 Å². The fraction of sp³-hybridized carbons (Fsp3) is 0.286. The average molecular weight is 413 g/mol. The lowest BCUT2D eigenvalue weighted by molar-refractivity contribution is 0.573. The summed E-state index contributed by atoms with van der Waals surface area (Å²) in [6, 6.07) is 21.8. The van der Waals surface area contributed by atoms with Crippen molar-refractivity contribution in [2.75, 3.05) is 0 Å². The van der Waals surface area contributed by atoms with Crippen LogP contribution in [0.3, 0.4) is 0 Å². The summed E-state index contributed by atoms with van der Waals surface area (Å²) in [5.74, 6) is -0.214. The van der Waals surface area contributed by atoms with Gasteiger partial charge >= 0.3 is 0 Å². The van der Waals surface area contributed by atoms with E-state index in [9.17, 15) is 0 Å². The Morgan fingerprint density at radius 2 is 1.23 bits per heavy atom. The Morgan fingerprint density at radius 3 is 1.87 bits per heavy atom. The Balaban J connectivity index is 2.07. The van der Waals surface area contributed by atoms with E-state index in [1.165, 1.54) is 5.56 Å². The first kappa shape index (κ1) is 21.2. The molecular formula is C28H29FN2. The van der Waals surface area contributed by atoms with Gasteiger partial charge in [-0.2, -0.15) is 0 Å². The summed E-state index contributed by atoms with van der Waals surface area (Å²) in [5, 5.41) is 0. The van der Waals surface area contributed by atoms with Crippen molar-refractivity contribution in [2.24, 2.45) is 9.98 Å². The fourth-order valence-electron chi connectivity index (χ4n) is 3.97. The summed E-state index contributed by atoms with van der Waals surface area (Å²) in [6.45, 7) is 12.5. The second-order valence-corrected chi connectivity index (χ2v) is 9.41. The normalized spacial score (nSPS) is 17.1. The molecule has 0 aliphatic carbocycles. The summed E-state index contributed by atoms with van der Waals surface area (Å²) in [6.07, 6.45) is 0. The summed E-state index contributed by atoms with van der Waals surface area (Å²) < 4.78 is 15.0. The van der Waals surface area contributed by atoms with E-state index in [0.29, 0.717) is 5.56 Å². The van der Waals surface area contributed by atoms with Gasteiger partial charge in [0.25, 0.3) is 0 Å². The van der Waals surface area contributed by atoms with Crippen LogP contribution in [0.15, 0.2) is 76.7 Å². The molecule has 0 saturated carbocycles. The summed E-state index contributed by atoms with van der Waals surface area (Å²) in [4.78, 5) is 9.93. The molecule has 0 unspecified atom stereocenters. The number of benzene rings is 3. The molecule has 4 bridgehead atoms. The second-order valence-electron chi connectivity index (χ2n) is 9.41. The highest BCUT2D eigenvalue weighted by molar-refractivity contribution is 5.98. The van der Waals surface area contributed by atoms with Gasteiger partial charge in [0, 0.05) is 22.3 Å². The molecule has 158 valence electrons. The third kappa shape index (κ3) is 3.74. The molecule has 1 aliphatic heterocycles. The molecule has 31 heavy (non-hydrogen) atoms. The van der Waals surface area contributed by atoms with Crippen LogP contribution in [0.25, 0.3) is 11.1 Å². The molecule has 3 aromatic carbocycles. The topological polar surface area (TPSA) is 24.7 Å². The maximum absolute atomic E-state index is 15.0. The highest BCUT2D eigenvalue weighted by Crippen LogP contribution is 2.37. The lowest BCUT2D eigenvalue weighted by atomic mass is 9.77. The van der Waals surface area contributed by atoms with E-state index in [-0.39, 0.29) is 11.2 Å². The van der Waals surface area contributed by atoms with Gasteiger partial charge in [0.1, 0.15) is 5.82 Å². The van der Waals surface area contributed by atoms with Crippen LogP contribution >= 0.6 is 0 Å². The molecule has 0 radical (unpaired) electrons. The van der Waals surface area contributed by atoms with Crippen LogP contribution in [0.4, 0.5) is 15.8 Å². The van der Waals surface area contributed by atoms with E-state index < -0.39 is 5.41 Å². The largest absolute Gasteiger partial charge is 0.255 e. The van der Waals surface area contributed by atoms with E-state index in [0.717, 1.165) is 33.9 Å². The molecule has 3 heteroatoms. The molecule has 1 heterocycles. The van der Waals surface area contributed by atoms with E-state index in [1.807, 2.05) is 57.2 Å². The zero-order valence-corrected chi connectivity index (χ0v) is 19.1. The third-order valence-corrected chi connectivity index (χ3v) is 6.82. The number of halogens is 1. The molecule has 0 N–H and O–H groups in total. The molecule has 3 aromatic rings. The quantitative estimate of drug-likeness (QED) is 0.358. The van der Waals surface area contributed by atoms with Crippen LogP contribution in [-0.2, 0) is 10.8 Å². The van der Waals surface area contributed by atoms with Gasteiger partial charge in [-0.25, -0.2) is 4.39 Å². The molecule has 0 atom stereocenters. The lowest BCUT2D eigenvalue weighted by Crippen LogP contribution is -2.28. The molecule has 1 aliphatic rings. The van der Waals surface area contributed by atoms with E-state index in [4.69, 9.17) is 9.98 Å². The van der Waals surface area contributed by atoms with E-state index in [1.54, 1.807) is 6.07 Å². The molecule has 0 aromatic heterocycles. The van der Waals surface area contributed by atoms with Gasteiger partial charge in [-0.3, -0.25) is 9.98 Å². The molecule has 0 amide bonds. The zero-order chi connectivity index (χ0) is 22.4. The molecule has 0 fully saturated rings. The summed E-state index contributed by atoms with van der Waals surface area (Å²) >= 11 is 0. The number of nitrogens with zero attached hydrogens (tertiary/aromatic N) is 2. The first-order chi connectivity index (χ1) is 14.6. The molecule has 0 spiro atoms. The number of rotatable bonds is 0. The Bertz CT molecular complexity index is 1220. The summed E-state index contributed by atoms with van der Waals surface area (Å²) in [5.41, 5.74) is 6.52. The number of fused-ring (bicyclic) bond motifs is 6. The number of hydrogen-bond acceptors (Lipinski definition) is 2. The highest BCUT2D eigenvalue weighted by Gasteiger charge is 2.29. The van der Waals surface area contributed by atoms with Crippen molar-refractivity contribution in [1.82, 2.24) is 0 Å². The maximum Gasteiger partial charge on any atom is 0.127 e. The Kier molecular flexibility index (Phi) is 5.17. The monoisotopic (exact) mass is 412 g/mol. The van der Waals surface area contributed by atoms with Crippen molar-refractivity contribution in [2.45, 2.75) is 52.4 Å². The van der Waals surface area contributed by atoms with Crippen LogP contribution in [0.5, 0.6) is 0 Å². The number of aliphatic imine (C=N–C) groups is 2. The standard InChI is InChI=1S/C28H29FN2/c1-18-27(3,4)22-11-9-10-20(16-22)21-14-15-24(29)23(17-21)28(5,6)19(2)31-26-13-8-7-12-25(26)30-18/h7-17H,1-6H3. The smallest absolute Gasteiger partial charge is 0.127 e. The summed E-state index contributed by atoms with van der Waals surface area (Å²) in [7, 11) is 0. The lowest BCUT2D eigenvalue weighted by Gasteiger charge is -2.28. The number of para-hydroxylation sites is 2. The van der Waals surface area contributed by atoms with Crippen molar-refractivity contribution in [3.8, 4) is 11.1 Å². The van der Waals surface area contributed by atoms with Crippen molar-refractivity contribution in [3.63, 3.8) is 0 Å². The number of hydrogen-bond donors (Lipinski definition) is 0. The third-order valence-electron chi connectivity index (χ3n) is 6.82. The fourth-order valence-corrected chi connectivity index (χ4v) is 3.97. The predicted octanol–water partition coefficient (Wildman–Crippen LogP) is 7.95. The van der Waals surface area contributed by atoms with E-state index >= 15 is 4.39 Å². The van der Waals surface area contributed by atoms with E-state index in [2.05, 4.69) is 45.0 Å². The first-order valence-corrected chi connectivity index (χ1v) is 10.7. The van der Waals surface area contributed by atoms with Crippen molar-refractivity contribution in [3.05, 3.63) is 83.7 Å². The van der Waals surface area contributed by atoms with Gasteiger partial charge in [0.15, 0.2) is 0 Å². The minimum Gasteiger partial charge on any atom is -0.255 e. The highest BCUT2D eigenvalue weighted by atomic mass is 19.1. The van der Waals surface area contributed by atoms with Gasteiger partial charge in [0.2, 0.25) is 0 Å². The zero-order valence-electron chi connectivity index (χ0n) is 19.1. The van der Waals surface area contributed by atoms with Gasteiger partial charge in [-0.1, -0.05) is 70.2 Å². The minimum atomic E-state index is -0.576. The van der Waals surface area contributed by atoms with Crippen LogP contribution in [0, 0.1) is 5.82 Å². The molecular weight excluding hydrogens is 383 g/mol. The Hall–Kier alpha value is -3.07. The SMILES string of the molecule is CC1=Nc2ccccc2N=C(C)C(C)(C)c2cc(ccc2F)-c2cccc(c2)C1(C)C. The van der Waals surface area contributed by atoms with Gasteiger partial charge < -0.3 is 0 Å². The average Bonchev–Trinajstić information content (AvgIpc) is 2.74. The van der Waals surface area contributed by atoms with Crippen molar-refractivity contribution >= 4 is 22.8 Å². The van der Waals surface area contributed by atoms with Crippen LogP contribution in [0.1, 0.15) is 52.7 Å². The second kappa shape index (κ2) is 7.56. The molecule has 2 nitrogen and oxygen atoms in total. The van der Waals surface area contributed by atoms with Crippen LogP contribution < -0.4 is 0 Å². The van der Waals surface area contributed by atoms with Gasteiger partial charge in [-0.05, 0) is 60.4 Å². The Labute approximate surface area is 184 Å². The predicted molar refractivity (Wildman–Crippen MR) is 130 cm³/mol. The maximum atomic E-state index is 15.0. The van der Waals surface area contributed by atoms with Crippen LogP contribution in [0.2, 0.25) is 0 Å². The minimum absolute atomic E-state index is 0.214. The molecule has 0 saturated heterocycles.